The maximum Gasteiger partial charge on any atom is 0.419 e. The van der Waals surface area contributed by atoms with E-state index in [0.717, 1.165) is 39.7 Å². The standard InChI is InChI=1S/C29H33N3O6/c1-29(2,3)38-28(33)32-25-7-5-4-6-20(25)15-26(32)21-8-9-23-19(14-21)10-11-30-24(23)16-27(31-34)37-18-22-17-35-12-13-36-22/h4-9,14-16,22,31,34H,10-13,17-18H2,1-3H3. The average molecular weight is 520 g/mol. The van der Waals surface area contributed by atoms with Crippen LogP contribution in [-0.4, -0.2) is 66.3 Å². The van der Waals surface area contributed by atoms with Crippen LogP contribution in [0.4, 0.5) is 4.79 Å². The van der Waals surface area contributed by atoms with E-state index < -0.39 is 11.7 Å². The van der Waals surface area contributed by atoms with Gasteiger partial charge < -0.3 is 18.9 Å². The molecule has 0 aliphatic carbocycles. The van der Waals surface area contributed by atoms with E-state index in [4.69, 9.17) is 18.9 Å². The fourth-order valence-electron chi connectivity index (χ4n) is 4.63. The molecule has 1 unspecified atom stereocenters. The van der Waals surface area contributed by atoms with Gasteiger partial charge in [-0.3, -0.25) is 10.2 Å². The third-order valence-corrected chi connectivity index (χ3v) is 6.31. The highest BCUT2D eigenvalue weighted by Crippen LogP contribution is 2.32. The number of carbonyl (C=O) groups is 1. The molecule has 5 rings (SSSR count). The van der Waals surface area contributed by atoms with Crippen molar-refractivity contribution in [2.75, 3.05) is 33.0 Å². The largest absolute Gasteiger partial charge is 0.475 e. The van der Waals surface area contributed by atoms with Crippen LogP contribution in [0.3, 0.4) is 0 Å². The number of hydrogen-bond donors (Lipinski definition) is 2. The van der Waals surface area contributed by atoms with Crippen LogP contribution in [0.2, 0.25) is 0 Å². The molecule has 2 aromatic carbocycles. The Labute approximate surface area is 221 Å². The summed E-state index contributed by atoms with van der Waals surface area (Å²) in [5.41, 5.74) is 6.68. The predicted octanol–water partition coefficient (Wildman–Crippen LogP) is 4.69. The van der Waals surface area contributed by atoms with Gasteiger partial charge in [0.25, 0.3) is 0 Å². The summed E-state index contributed by atoms with van der Waals surface area (Å²) in [6.07, 6.45) is 1.82. The molecule has 3 heterocycles. The second kappa shape index (κ2) is 11.0. The number of ether oxygens (including phenoxy) is 4. The second-order valence-electron chi connectivity index (χ2n) is 10.3. The molecule has 1 saturated heterocycles. The number of nitrogens with one attached hydrogen (secondary N) is 1. The number of hydrogen-bond acceptors (Lipinski definition) is 8. The van der Waals surface area contributed by atoms with E-state index in [1.165, 1.54) is 0 Å². The van der Waals surface area contributed by atoms with Gasteiger partial charge in [0.15, 0.2) is 0 Å². The molecule has 0 saturated carbocycles. The van der Waals surface area contributed by atoms with Crippen molar-refractivity contribution in [3.8, 4) is 11.3 Å². The summed E-state index contributed by atoms with van der Waals surface area (Å²) < 4.78 is 24.1. The van der Waals surface area contributed by atoms with Gasteiger partial charge in [-0.2, -0.15) is 0 Å². The number of fused-ring (bicyclic) bond motifs is 2. The second-order valence-corrected chi connectivity index (χ2v) is 10.3. The average Bonchev–Trinajstić information content (AvgIpc) is 3.30. The molecule has 1 aromatic heterocycles. The van der Waals surface area contributed by atoms with Crippen LogP contribution in [0.25, 0.3) is 22.2 Å². The van der Waals surface area contributed by atoms with Gasteiger partial charge in [-0.15, -0.1) is 0 Å². The number of aromatic nitrogens is 1. The molecule has 0 bridgehead atoms. The Kier molecular flexibility index (Phi) is 7.51. The fourth-order valence-corrected chi connectivity index (χ4v) is 4.63. The first-order chi connectivity index (χ1) is 18.3. The molecule has 9 heteroatoms. The van der Waals surface area contributed by atoms with Crippen LogP contribution in [-0.2, 0) is 25.4 Å². The molecule has 200 valence electrons. The van der Waals surface area contributed by atoms with Crippen molar-refractivity contribution in [3.05, 3.63) is 71.6 Å². The van der Waals surface area contributed by atoms with E-state index in [1.807, 2.05) is 63.2 Å². The maximum absolute atomic E-state index is 13.3. The fraction of sp³-hybridized carbons (Fsp3) is 0.379. The van der Waals surface area contributed by atoms with Crippen LogP contribution < -0.4 is 5.48 Å². The Balaban J connectivity index is 1.44. The van der Waals surface area contributed by atoms with Crippen molar-refractivity contribution < 1.29 is 28.9 Å². The van der Waals surface area contributed by atoms with E-state index in [0.29, 0.717) is 32.1 Å². The number of hydroxylamine groups is 1. The smallest absolute Gasteiger partial charge is 0.419 e. The number of benzene rings is 2. The van der Waals surface area contributed by atoms with E-state index in [2.05, 4.69) is 16.5 Å². The molecule has 0 spiro atoms. The SMILES string of the molecule is CC(C)(C)OC(=O)n1c(-c2ccc3c(c2)CCN=C3C=C(NO)OCC2COCCO2)cc2ccccc21. The van der Waals surface area contributed by atoms with Crippen molar-refractivity contribution in [3.63, 3.8) is 0 Å². The van der Waals surface area contributed by atoms with Gasteiger partial charge in [-0.25, -0.2) is 14.8 Å². The molecule has 38 heavy (non-hydrogen) atoms. The molecular weight excluding hydrogens is 486 g/mol. The van der Waals surface area contributed by atoms with Crippen molar-refractivity contribution in [1.82, 2.24) is 10.0 Å². The van der Waals surface area contributed by atoms with E-state index >= 15 is 0 Å². The first kappa shape index (κ1) is 26.0. The van der Waals surface area contributed by atoms with Crippen molar-refractivity contribution in [2.45, 2.75) is 38.9 Å². The number of aliphatic imine (C=N–C) groups is 1. The Hall–Kier alpha value is -3.66. The Bertz CT molecular complexity index is 1380. The normalized spacial score (nSPS) is 18.1. The van der Waals surface area contributed by atoms with Crippen LogP contribution in [0.15, 0.2) is 65.5 Å². The van der Waals surface area contributed by atoms with E-state index in [9.17, 15) is 10.0 Å². The summed E-state index contributed by atoms with van der Waals surface area (Å²) in [5, 5.41) is 10.6. The van der Waals surface area contributed by atoms with Crippen LogP contribution in [0.1, 0.15) is 31.9 Å². The number of rotatable bonds is 6. The molecule has 9 nitrogen and oxygen atoms in total. The van der Waals surface area contributed by atoms with Gasteiger partial charge >= 0.3 is 6.09 Å². The van der Waals surface area contributed by atoms with E-state index in [1.54, 1.807) is 10.6 Å². The maximum atomic E-state index is 13.3. The van der Waals surface area contributed by atoms with Gasteiger partial charge in [-0.05, 0) is 56.5 Å². The van der Waals surface area contributed by atoms with Gasteiger partial charge in [0.1, 0.15) is 18.3 Å². The quantitative estimate of drug-likeness (QED) is 0.360. The van der Waals surface area contributed by atoms with Crippen LogP contribution >= 0.6 is 0 Å². The summed E-state index contributed by atoms with van der Waals surface area (Å²) >= 11 is 0. The Morgan fingerprint density at radius 2 is 2.05 bits per heavy atom. The molecule has 2 aliphatic rings. The van der Waals surface area contributed by atoms with E-state index in [-0.39, 0.29) is 18.6 Å². The lowest BCUT2D eigenvalue weighted by atomic mass is 9.94. The molecule has 3 aromatic rings. The zero-order valence-corrected chi connectivity index (χ0v) is 21.9. The lowest BCUT2D eigenvalue weighted by Gasteiger charge is -2.23. The highest BCUT2D eigenvalue weighted by atomic mass is 16.6. The third-order valence-electron chi connectivity index (χ3n) is 6.31. The van der Waals surface area contributed by atoms with Crippen LogP contribution in [0, 0.1) is 0 Å². The first-order valence-corrected chi connectivity index (χ1v) is 12.8. The topological polar surface area (TPSA) is 104 Å². The molecular formula is C29H33N3O6. The monoisotopic (exact) mass is 519 g/mol. The minimum atomic E-state index is -0.621. The number of nitrogens with zero attached hydrogens (tertiary/aromatic N) is 2. The highest BCUT2D eigenvalue weighted by Gasteiger charge is 2.24. The van der Waals surface area contributed by atoms with Gasteiger partial charge in [-0.1, -0.05) is 30.3 Å². The zero-order valence-electron chi connectivity index (χ0n) is 21.9. The summed E-state index contributed by atoms with van der Waals surface area (Å²) in [5.74, 6) is 0.180. The number of para-hydroxylation sites is 1. The first-order valence-electron chi connectivity index (χ1n) is 12.8. The van der Waals surface area contributed by atoms with Gasteiger partial charge in [0.05, 0.1) is 36.7 Å². The summed E-state index contributed by atoms with van der Waals surface area (Å²) in [6.45, 7) is 7.96. The van der Waals surface area contributed by atoms with Gasteiger partial charge in [0.2, 0.25) is 5.88 Å². The predicted molar refractivity (Wildman–Crippen MR) is 144 cm³/mol. The lowest BCUT2D eigenvalue weighted by Crippen LogP contribution is -2.33. The molecule has 0 radical (unpaired) electrons. The number of carbonyl (C=O) groups excluding carboxylic acids is 1. The van der Waals surface area contributed by atoms with Crippen molar-refractivity contribution in [2.24, 2.45) is 4.99 Å². The lowest BCUT2D eigenvalue weighted by molar-refractivity contribution is -0.112. The molecule has 2 aliphatic heterocycles. The summed E-state index contributed by atoms with van der Waals surface area (Å²) in [6, 6.07) is 15.8. The summed E-state index contributed by atoms with van der Waals surface area (Å²) in [7, 11) is 0. The molecule has 1 atom stereocenters. The molecule has 0 amide bonds. The molecule has 1 fully saturated rings. The Morgan fingerprint density at radius 3 is 2.82 bits per heavy atom. The zero-order chi connectivity index (χ0) is 26.7. The number of allylic oxidation sites excluding steroid dienone is 1. The summed E-state index contributed by atoms with van der Waals surface area (Å²) in [4.78, 5) is 17.9. The Morgan fingerprint density at radius 1 is 1.21 bits per heavy atom. The third kappa shape index (κ3) is 5.75. The van der Waals surface area contributed by atoms with Crippen LogP contribution in [0.5, 0.6) is 0 Å². The van der Waals surface area contributed by atoms with Crippen molar-refractivity contribution in [1.29, 1.82) is 0 Å². The van der Waals surface area contributed by atoms with Gasteiger partial charge in [0, 0.05) is 23.6 Å². The minimum absolute atomic E-state index is 0.180. The van der Waals surface area contributed by atoms with Crippen molar-refractivity contribution >= 4 is 22.7 Å². The molecule has 2 N–H and O–H groups in total. The minimum Gasteiger partial charge on any atom is -0.475 e. The highest BCUT2D eigenvalue weighted by molar-refractivity contribution is 6.10.